The Hall–Kier alpha value is -1.98. The van der Waals surface area contributed by atoms with Crippen LogP contribution in [0.4, 0.5) is 10.5 Å². The van der Waals surface area contributed by atoms with Crippen LogP contribution in [0.3, 0.4) is 0 Å². The molecule has 5 heteroatoms. The second-order valence-corrected chi connectivity index (χ2v) is 7.73. The summed E-state index contributed by atoms with van der Waals surface area (Å²) in [6.07, 6.45) is 1.95. The van der Waals surface area contributed by atoms with E-state index in [4.69, 9.17) is 4.74 Å². The van der Waals surface area contributed by atoms with Crippen LogP contribution in [0.2, 0.25) is 0 Å². The van der Waals surface area contributed by atoms with Gasteiger partial charge in [-0.25, -0.2) is 4.79 Å². The first-order chi connectivity index (χ1) is 12.3. The van der Waals surface area contributed by atoms with Crippen LogP contribution in [0.15, 0.2) is 64.4 Å². The average Bonchev–Trinajstić information content (AvgIpc) is 2.65. The number of carbonyl (C=O) groups excluding carboxylic acids is 1. The number of ether oxygens (including phenoxy) is 1. The Kier molecular flexibility index (Phi) is 4.95. The average molecular weight is 354 g/mol. The highest BCUT2D eigenvalue weighted by molar-refractivity contribution is 7.99. The fourth-order valence-electron chi connectivity index (χ4n) is 3.60. The first kappa shape index (κ1) is 16.5. The zero-order valence-electron chi connectivity index (χ0n) is 14.1. The lowest BCUT2D eigenvalue weighted by Crippen LogP contribution is -2.52. The van der Waals surface area contributed by atoms with Gasteiger partial charge in [-0.3, -0.25) is 10.2 Å². The summed E-state index contributed by atoms with van der Waals surface area (Å²) in [6.45, 7) is 3.16. The number of benzene rings is 2. The standard InChI is InChI=1S/C20H22N2O2S/c23-20(24-18-14-22-12-10-15(18)11-13-22)21-17-8-4-5-9-19(17)25-16-6-2-1-3-7-16/h1-9,15,18H,10-14H2,(H,21,23). The van der Waals surface area contributed by atoms with E-state index >= 15 is 0 Å². The van der Waals surface area contributed by atoms with Gasteiger partial charge in [0.1, 0.15) is 6.10 Å². The van der Waals surface area contributed by atoms with Crippen molar-refractivity contribution in [2.24, 2.45) is 5.92 Å². The second kappa shape index (κ2) is 7.50. The Morgan fingerprint density at radius 2 is 1.76 bits per heavy atom. The molecule has 3 saturated heterocycles. The minimum absolute atomic E-state index is 0.0245. The van der Waals surface area contributed by atoms with Crippen LogP contribution in [0.1, 0.15) is 12.8 Å². The molecule has 2 aromatic rings. The normalized spacial score (nSPS) is 24.7. The molecule has 0 aromatic heterocycles. The predicted molar refractivity (Wildman–Crippen MR) is 100 cm³/mol. The van der Waals surface area contributed by atoms with Crippen molar-refractivity contribution in [3.05, 3.63) is 54.6 Å². The number of hydrogen-bond acceptors (Lipinski definition) is 4. The number of hydrogen-bond donors (Lipinski definition) is 1. The van der Waals surface area contributed by atoms with Crippen LogP contribution in [-0.2, 0) is 4.74 Å². The number of rotatable bonds is 4. The van der Waals surface area contributed by atoms with Crippen molar-refractivity contribution in [3.8, 4) is 0 Å². The highest BCUT2D eigenvalue weighted by Gasteiger charge is 2.36. The summed E-state index contributed by atoms with van der Waals surface area (Å²) in [5.41, 5.74) is 0.794. The molecule has 25 heavy (non-hydrogen) atoms. The minimum Gasteiger partial charge on any atom is -0.444 e. The molecule has 1 N–H and O–H groups in total. The highest BCUT2D eigenvalue weighted by atomic mass is 32.2. The van der Waals surface area contributed by atoms with Gasteiger partial charge in [0.2, 0.25) is 0 Å². The topological polar surface area (TPSA) is 41.6 Å². The molecule has 4 nitrogen and oxygen atoms in total. The molecule has 0 saturated carbocycles. The zero-order chi connectivity index (χ0) is 17.1. The second-order valence-electron chi connectivity index (χ2n) is 6.62. The van der Waals surface area contributed by atoms with Crippen molar-refractivity contribution in [1.82, 2.24) is 4.90 Å². The summed E-state index contributed by atoms with van der Waals surface area (Å²) in [5, 5.41) is 2.94. The van der Waals surface area contributed by atoms with Gasteiger partial charge in [-0.2, -0.15) is 0 Å². The van der Waals surface area contributed by atoms with Gasteiger partial charge in [-0.15, -0.1) is 0 Å². The summed E-state index contributed by atoms with van der Waals surface area (Å²) in [4.78, 5) is 16.9. The van der Waals surface area contributed by atoms with Crippen LogP contribution < -0.4 is 5.32 Å². The van der Waals surface area contributed by atoms with E-state index in [1.54, 1.807) is 11.8 Å². The number of nitrogens with zero attached hydrogens (tertiary/aromatic N) is 1. The van der Waals surface area contributed by atoms with Crippen LogP contribution in [-0.4, -0.2) is 36.7 Å². The van der Waals surface area contributed by atoms with E-state index in [2.05, 4.69) is 22.3 Å². The first-order valence-corrected chi connectivity index (χ1v) is 9.61. The summed E-state index contributed by atoms with van der Waals surface area (Å²) >= 11 is 1.64. The summed E-state index contributed by atoms with van der Waals surface area (Å²) in [5.74, 6) is 0.518. The summed E-state index contributed by atoms with van der Waals surface area (Å²) in [6, 6.07) is 18.0. The van der Waals surface area contributed by atoms with Crippen molar-refractivity contribution in [3.63, 3.8) is 0 Å². The van der Waals surface area contributed by atoms with Gasteiger partial charge >= 0.3 is 6.09 Å². The van der Waals surface area contributed by atoms with E-state index in [9.17, 15) is 4.79 Å². The SMILES string of the molecule is O=C(Nc1ccccc1Sc1ccccc1)OC1CN2CCC1CC2. The van der Waals surface area contributed by atoms with Crippen LogP contribution in [0.5, 0.6) is 0 Å². The van der Waals surface area contributed by atoms with Crippen molar-refractivity contribution in [1.29, 1.82) is 0 Å². The van der Waals surface area contributed by atoms with E-state index in [0.717, 1.165) is 48.0 Å². The molecule has 0 aliphatic carbocycles. The highest BCUT2D eigenvalue weighted by Crippen LogP contribution is 2.34. The number of piperidine rings is 3. The molecule has 1 atom stereocenters. The molecular weight excluding hydrogens is 332 g/mol. The lowest BCUT2D eigenvalue weighted by Gasteiger charge is -2.43. The molecule has 3 heterocycles. The van der Waals surface area contributed by atoms with Crippen molar-refractivity contribution >= 4 is 23.5 Å². The van der Waals surface area contributed by atoms with Crippen molar-refractivity contribution in [2.45, 2.75) is 28.7 Å². The Balaban J connectivity index is 1.41. The number of carbonyl (C=O) groups is 1. The molecule has 1 unspecified atom stereocenters. The Bertz CT molecular complexity index is 729. The van der Waals surface area contributed by atoms with E-state index in [1.807, 2.05) is 42.5 Å². The van der Waals surface area contributed by atoms with E-state index in [-0.39, 0.29) is 12.2 Å². The Morgan fingerprint density at radius 3 is 2.48 bits per heavy atom. The van der Waals surface area contributed by atoms with Gasteiger partial charge in [0.15, 0.2) is 0 Å². The van der Waals surface area contributed by atoms with Gasteiger partial charge < -0.3 is 4.74 Å². The van der Waals surface area contributed by atoms with Gasteiger partial charge in [0, 0.05) is 16.3 Å². The molecular formula is C20H22N2O2S. The molecule has 1 amide bonds. The Labute approximate surface area is 152 Å². The van der Waals surface area contributed by atoms with Crippen LogP contribution in [0, 0.1) is 5.92 Å². The lowest BCUT2D eigenvalue weighted by atomic mass is 9.86. The maximum Gasteiger partial charge on any atom is 0.411 e. The lowest BCUT2D eigenvalue weighted by molar-refractivity contribution is -0.0289. The van der Waals surface area contributed by atoms with Gasteiger partial charge in [0.25, 0.3) is 0 Å². The molecule has 5 rings (SSSR count). The van der Waals surface area contributed by atoms with Crippen LogP contribution >= 0.6 is 11.8 Å². The van der Waals surface area contributed by atoms with Gasteiger partial charge in [-0.05, 0) is 56.1 Å². The quantitative estimate of drug-likeness (QED) is 0.879. The molecule has 130 valence electrons. The summed E-state index contributed by atoms with van der Waals surface area (Å²) in [7, 11) is 0. The third-order valence-electron chi connectivity index (χ3n) is 4.95. The number of fused-ring (bicyclic) bond motifs is 3. The summed E-state index contributed by atoms with van der Waals surface area (Å²) < 4.78 is 5.73. The molecule has 0 radical (unpaired) electrons. The maximum atomic E-state index is 12.4. The molecule has 3 aliphatic rings. The zero-order valence-corrected chi connectivity index (χ0v) is 14.9. The maximum absolute atomic E-state index is 12.4. The smallest absolute Gasteiger partial charge is 0.411 e. The molecule has 2 aromatic carbocycles. The number of para-hydroxylation sites is 1. The fraction of sp³-hybridized carbons (Fsp3) is 0.350. The molecule has 3 aliphatic heterocycles. The molecule has 3 fully saturated rings. The first-order valence-electron chi connectivity index (χ1n) is 8.80. The minimum atomic E-state index is -0.347. The fourth-order valence-corrected chi connectivity index (χ4v) is 4.52. The molecule has 0 spiro atoms. The van der Waals surface area contributed by atoms with Gasteiger partial charge in [0.05, 0.1) is 5.69 Å². The van der Waals surface area contributed by atoms with Crippen molar-refractivity contribution in [2.75, 3.05) is 25.0 Å². The largest absolute Gasteiger partial charge is 0.444 e. The van der Waals surface area contributed by atoms with E-state index in [0.29, 0.717) is 5.92 Å². The number of amides is 1. The van der Waals surface area contributed by atoms with E-state index in [1.165, 1.54) is 0 Å². The third kappa shape index (κ3) is 3.99. The molecule has 2 bridgehead atoms. The van der Waals surface area contributed by atoms with Crippen molar-refractivity contribution < 1.29 is 9.53 Å². The monoisotopic (exact) mass is 354 g/mol. The predicted octanol–water partition coefficient (Wildman–Crippen LogP) is 4.48. The number of nitrogens with one attached hydrogen (secondary N) is 1. The van der Waals surface area contributed by atoms with Crippen LogP contribution in [0.25, 0.3) is 0 Å². The third-order valence-corrected chi connectivity index (χ3v) is 6.03. The number of anilines is 1. The Morgan fingerprint density at radius 1 is 1.04 bits per heavy atom. The van der Waals surface area contributed by atoms with Gasteiger partial charge in [-0.1, -0.05) is 42.1 Å². The van der Waals surface area contributed by atoms with E-state index < -0.39 is 0 Å².